The summed E-state index contributed by atoms with van der Waals surface area (Å²) in [4.78, 5) is 26.0. The van der Waals surface area contributed by atoms with Crippen molar-refractivity contribution in [1.82, 2.24) is 19.8 Å². The Bertz CT molecular complexity index is 1160. The van der Waals surface area contributed by atoms with Crippen LogP contribution < -0.4 is 5.32 Å². The van der Waals surface area contributed by atoms with Crippen LogP contribution in [-0.2, 0) is 33.3 Å². The fraction of sp³-hybridized carbons (Fsp3) is 0.542. The third-order valence-electron chi connectivity index (χ3n) is 7.24. The maximum Gasteiger partial charge on any atom is 0.295 e. The molecule has 2 saturated heterocycles. The van der Waals surface area contributed by atoms with Gasteiger partial charge < -0.3 is 24.8 Å². The predicted octanol–water partition coefficient (Wildman–Crippen LogP) is 2.33. The van der Waals surface area contributed by atoms with Crippen molar-refractivity contribution in [3.8, 4) is 0 Å². The van der Waals surface area contributed by atoms with Crippen LogP contribution in [0.15, 0.2) is 24.3 Å². The van der Waals surface area contributed by atoms with Gasteiger partial charge in [-0.15, -0.1) is 0 Å². The molecule has 4 heterocycles. The van der Waals surface area contributed by atoms with Gasteiger partial charge >= 0.3 is 0 Å². The highest BCUT2D eigenvalue weighted by atomic mass is 35.5. The van der Waals surface area contributed by atoms with E-state index in [9.17, 15) is 13.6 Å². The summed E-state index contributed by atoms with van der Waals surface area (Å²) in [5.74, 6) is -3.01. The summed E-state index contributed by atoms with van der Waals surface area (Å²) in [6.07, 6.45) is 0. The zero-order valence-corrected chi connectivity index (χ0v) is 20.8. The number of aliphatic hydroxyl groups is 1. The third-order valence-corrected chi connectivity index (χ3v) is 7.41. The molecule has 0 bridgehead atoms. The van der Waals surface area contributed by atoms with Gasteiger partial charge in [-0.3, -0.25) is 9.69 Å². The van der Waals surface area contributed by atoms with Crippen LogP contribution in [0.1, 0.15) is 35.3 Å². The molecule has 0 spiro atoms. The summed E-state index contributed by atoms with van der Waals surface area (Å²) >= 11 is 6.19. The van der Waals surface area contributed by atoms with E-state index in [0.717, 1.165) is 5.56 Å². The van der Waals surface area contributed by atoms with Crippen molar-refractivity contribution in [3.63, 3.8) is 0 Å². The summed E-state index contributed by atoms with van der Waals surface area (Å²) in [6, 6.07) is 5.78. The first-order chi connectivity index (χ1) is 17.2. The Balaban J connectivity index is 1.32. The Labute approximate surface area is 212 Å². The summed E-state index contributed by atoms with van der Waals surface area (Å²) in [7, 11) is 1.55. The van der Waals surface area contributed by atoms with Crippen LogP contribution in [0.3, 0.4) is 0 Å². The maximum atomic E-state index is 14.0. The number of hydrogen-bond donors (Lipinski definition) is 2. The molecular weight excluding hydrogens is 496 g/mol. The first kappa shape index (κ1) is 25.2. The minimum Gasteiger partial charge on any atom is -0.390 e. The molecule has 2 N–H and O–H groups in total. The summed E-state index contributed by atoms with van der Waals surface area (Å²) in [5, 5.41) is 12.3. The van der Waals surface area contributed by atoms with Gasteiger partial charge in [0.05, 0.1) is 38.0 Å². The average Bonchev–Trinajstić information content (AvgIpc) is 3.23. The van der Waals surface area contributed by atoms with E-state index < -0.39 is 24.2 Å². The molecule has 0 aliphatic carbocycles. The van der Waals surface area contributed by atoms with Gasteiger partial charge in [0, 0.05) is 37.4 Å². The molecule has 2 fully saturated rings. The normalized spacial score (nSPS) is 20.4. The van der Waals surface area contributed by atoms with E-state index in [4.69, 9.17) is 26.2 Å². The molecule has 1 aromatic carbocycles. The summed E-state index contributed by atoms with van der Waals surface area (Å²) in [5.41, 5.74) is 0.767. The third kappa shape index (κ3) is 4.43. The van der Waals surface area contributed by atoms with Crippen LogP contribution in [0, 0.1) is 0 Å². The molecular formula is C24H28ClF2N5O4. The number of likely N-dealkylation sites (tertiary alicyclic amines) is 1. The predicted molar refractivity (Wildman–Crippen MR) is 127 cm³/mol. The number of aromatic nitrogens is 2. The van der Waals surface area contributed by atoms with Gasteiger partial charge in [-0.25, -0.2) is 9.97 Å². The largest absolute Gasteiger partial charge is 0.390 e. The van der Waals surface area contributed by atoms with Crippen LogP contribution in [0.4, 0.5) is 14.6 Å². The Hall–Kier alpha value is -2.44. The number of benzene rings is 1. The van der Waals surface area contributed by atoms with Gasteiger partial charge in [-0.05, 0) is 30.2 Å². The van der Waals surface area contributed by atoms with Crippen LogP contribution in [0.2, 0.25) is 5.28 Å². The number of hydrogen-bond acceptors (Lipinski definition) is 8. The molecule has 3 aliphatic heterocycles. The van der Waals surface area contributed by atoms with Crippen LogP contribution in [0.25, 0.3) is 0 Å². The second kappa shape index (κ2) is 9.46. The van der Waals surface area contributed by atoms with Crippen molar-refractivity contribution < 1.29 is 28.2 Å². The summed E-state index contributed by atoms with van der Waals surface area (Å²) in [6.45, 7) is 3.45. The first-order valence-corrected chi connectivity index (χ1v) is 12.1. The van der Waals surface area contributed by atoms with Crippen molar-refractivity contribution in [3.05, 3.63) is 51.9 Å². The van der Waals surface area contributed by atoms with E-state index in [2.05, 4.69) is 20.2 Å². The lowest BCUT2D eigenvalue weighted by Crippen LogP contribution is -2.73. The van der Waals surface area contributed by atoms with Gasteiger partial charge in [-0.1, -0.05) is 18.2 Å². The number of anilines is 1. The first-order valence-electron chi connectivity index (χ1n) is 11.7. The number of halogens is 3. The van der Waals surface area contributed by atoms with Crippen LogP contribution in [0.5, 0.6) is 0 Å². The van der Waals surface area contributed by atoms with Gasteiger partial charge in [0.15, 0.2) is 5.60 Å². The van der Waals surface area contributed by atoms with Gasteiger partial charge in [-0.2, -0.15) is 8.78 Å². The van der Waals surface area contributed by atoms with Crippen molar-refractivity contribution in [2.75, 3.05) is 45.3 Å². The van der Waals surface area contributed by atoms with E-state index in [-0.39, 0.29) is 29.8 Å². The van der Waals surface area contributed by atoms with E-state index >= 15 is 0 Å². The summed E-state index contributed by atoms with van der Waals surface area (Å²) < 4.78 is 38.9. The quantitative estimate of drug-likeness (QED) is 0.509. The monoisotopic (exact) mass is 523 g/mol. The number of nitrogens with zero attached hydrogens (tertiary/aromatic N) is 4. The zero-order valence-electron chi connectivity index (χ0n) is 20.0. The molecule has 12 heteroatoms. The standard InChI is InChI=1S/C24H28ClF2N5O4/c1-14(15-4-3-5-16(6-15)24(26,27)13-33)28-20-18-7-31(8-19(18)29-22(25)30-20)21(34)23(35-2)11-32(12-23)17-9-36-10-17/h3-6,14,17,33H,7-13H2,1-2H3,(H,28,29,30)/t14-/m1/s1. The fourth-order valence-electron chi connectivity index (χ4n) is 4.84. The number of nitrogens with one attached hydrogen (secondary N) is 1. The molecule has 194 valence electrons. The van der Waals surface area contributed by atoms with E-state index in [1.807, 2.05) is 6.92 Å². The highest BCUT2D eigenvalue weighted by Crippen LogP contribution is 2.36. The molecule has 5 rings (SSSR count). The molecule has 0 radical (unpaired) electrons. The highest BCUT2D eigenvalue weighted by molar-refractivity contribution is 6.28. The highest BCUT2D eigenvalue weighted by Gasteiger charge is 2.55. The molecule has 9 nitrogen and oxygen atoms in total. The Morgan fingerprint density at radius 2 is 2.11 bits per heavy atom. The molecule has 36 heavy (non-hydrogen) atoms. The lowest BCUT2D eigenvalue weighted by molar-refractivity contribution is -0.198. The number of ether oxygens (including phenoxy) is 2. The lowest BCUT2D eigenvalue weighted by atomic mass is 9.89. The Morgan fingerprint density at radius 3 is 2.75 bits per heavy atom. The van der Waals surface area contributed by atoms with E-state index in [1.165, 1.54) is 18.2 Å². The SMILES string of the molecule is COC1(C(=O)N2Cc3nc(Cl)nc(N[C@H](C)c4cccc(C(F)(F)CO)c4)c3C2)CN(C2COC2)C1. The van der Waals surface area contributed by atoms with Crippen molar-refractivity contribution >= 4 is 23.3 Å². The number of rotatable bonds is 8. The lowest BCUT2D eigenvalue weighted by Gasteiger charge is -2.53. The van der Waals surface area contributed by atoms with Gasteiger partial charge in [0.25, 0.3) is 11.8 Å². The smallest absolute Gasteiger partial charge is 0.295 e. The number of amides is 1. The number of alkyl halides is 2. The number of carbonyl (C=O) groups is 1. The minimum atomic E-state index is -3.34. The van der Waals surface area contributed by atoms with Crippen molar-refractivity contribution in [2.45, 2.75) is 43.6 Å². The number of carbonyl (C=O) groups excluding carboxylic acids is 1. The number of fused-ring (bicyclic) bond motifs is 1. The van der Waals surface area contributed by atoms with E-state index in [1.54, 1.807) is 18.1 Å². The van der Waals surface area contributed by atoms with Gasteiger partial charge in [0.2, 0.25) is 5.28 Å². The maximum absolute atomic E-state index is 14.0. The zero-order chi connectivity index (χ0) is 25.7. The molecule has 2 aromatic rings. The van der Waals surface area contributed by atoms with Gasteiger partial charge in [0.1, 0.15) is 12.4 Å². The van der Waals surface area contributed by atoms with Crippen molar-refractivity contribution in [2.24, 2.45) is 0 Å². The molecule has 1 aromatic heterocycles. The molecule has 0 saturated carbocycles. The second-order valence-electron chi connectivity index (χ2n) is 9.58. The molecule has 1 amide bonds. The average molecular weight is 524 g/mol. The van der Waals surface area contributed by atoms with Crippen LogP contribution >= 0.6 is 11.6 Å². The fourth-order valence-corrected chi connectivity index (χ4v) is 5.03. The Kier molecular flexibility index (Phi) is 6.63. The topological polar surface area (TPSA) is 100 Å². The Morgan fingerprint density at radius 1 is 1.36 bits per heavy atom. The van der Waals surface area contributed by atoms with Crippen LogP contribution in [-0.4, -0.2) is 82.4 Å². The second-order valence-corrected chi connectivity index (χ2v) is 9.91. The number of methoxy groups -OCH3 is 1. The van der Waals surface area contributed by atoms with Crippen molar-refractivity contribution in [1.29, 1.82) is 0 Å². The number of aliphatic hydroxyl groups excluding tert-OH is 1. The van der Waals surface area contributed by atoms with E-state index in [0.29, 0.717) is 49.4 Å². The molecule has 3 aliphatic rings. The minimum absolute atomic E-state index is 0.0274. The molecule has 0 unspecified atom stereocenters. The molecule has 1 atom stereocenters.